The Kier molecular flexibility index (Phi) is 9.35. The minimum atomic E-state index is -0.182. The molecule has 9 aromatic carbocycles. The molecule has 65 heavy (non-hydrogen) atoms. The third-order valence-corrected chi connectivity index (χ3v) is 13.8. The molecule has 1 heterocycles. The number of rotatable bonds is 8. The number of para-hydroxylation sites is 1. The molecule has 0 saturated heterocycles. The Hall–Kier alpha value is -7.94. The summed E-state index contributed by atoms with van der Waals surface area (Å²) in [5, 5.41) is 2.34. The van der Waals surface area contributed by atoms with E-state index in [0.29, 0.717) is 0 Å². The van der Waals surface area contributed by atoms with Gasteiger partial charge in [0.1, 0.15) is 11.2 Å². The summed E-state index contributed by atoms with van der Waals surface area (Å²) < 4.78 is 6.19. The average molecular weight is 834 g/mol. The monoisotopic (exact) mass is 833 g/mol. The Balaban J connectivity index is 0.933. The molecular weight excluding hydrogens is 787 g/mol. The van der Waals surface area contributed by atoms with Crippen LogP contribution in [0.15, 0.2) is 241 Å². The van der Waals surface area contributed by atoms with Crippen LogP contribution >= 0.6 is 0 Å². The van der Waals surface area contributed by atoms with Gasteiger partial charge in [-0.3, -0.25) is 0 Å². The highest BCUT2D eigenvalue weighted by atomic mass is 16.3. The predicted molar refractivity (Wildman–Crippen MR) is 273 cm³/mol. The van der Waals surface area contributed by atoms with E-state index in [1.165, 1.54) is 83.4 Å². The lowest BCUT2D eigenvalue weighted by atomic mass is 9.81. The standard InChI is InChI=1S/C63H47NO/c1-63(2)59-40-48(42-14-6-3-7-15-42)26-33-55(59)56-34-32-54(41-60(56)63)64(52-28-22-45(23-29-52)47-27-35-62-58(39-47)57-20-12-13-21-61(57)65-62)53-30-24-46(25-31-53)51-37-49(43-16-8-4-9-17-43)36-50(38-51)44-18-10-5-11-19-44/h3-22,24-41,45H,23H2,1-2H3. The van der Waals surface area contributed by atoms with Crippen molar-refractivity contribution in [2.24, 2.45) is 0 Å². The van der Waals surface area contributed by atoms with Crippen LogP contribution in [0.25, 0.3) is 77.6 Å². The van der Waals surface area contributed by atoms with E-state index in [4.69, 9.17) is 4.42 Å². The Morgan fingerprint density at radius 3 is 1.58 bits per heavy atom. The van der Waals surface area contributed by atoms with Crippen molar-refractivity contribution < 1.29 is 4.42 Å². The second kappa shape index (κ2) is 15.7. The molecule has 310 valence electrons. The first-order chi connectivity index (χ1) is 31.9. The second-order valence-electron chi connectivity index (χ2n) is 18.1. The summed E-state index contributed by atoms with van der Waals surface area (Å²) in [5.74, 6) is 0.254. The minimum Gasteiger partial charge on any atom is -0.456 e. The third-order valence-electron chi connectivity index (χ3n) is 13.8. The van der Waals surface area contributed by atoms with Gasteiger partial charge >= 0.3 is 0 Å². The fourth-order valence-corrected chi connectivity index (χ4v) is 10.3. The SMILES string of the molecule is CC1(C)c2cc(-c3ccccc3)ccc2-c2ccc(N(C3=CCC(c4ccc5oc6ccccc6c5c4)C=C3)c3ccc(-c4cc(-c5ccccc5)cc(-c5ccccc5)c4)cc3)cc21. The number of furan rings is 1. The highest BCUT2D eigenvalue weighted by Gasteiger charge is 2.36. The first-order valence-electron chi connectivity index (χ1n) is 22.8. The molecule has 1 aromatic heterocycles. The number of hydrogen-bond donors (Lipinski definition) is 0. The molecule has 1 atom stereocenters. The molecule has 12 rings (SSSR count). The lowest BCUT2D eigenvalue weighted by Crippen LogP contribution is -2.19. The van der Waals surface area contributed by atoms with Crippen LogP contribution in [-0.2, 0) is 5.41 Å². The van der Waals surface area contributed by atoms with E-state index in [-0.39, 0.29) is 11.3 Å². The van der Waals surface area contributed by atoms with Crippen molar-refractivity contribution in [3.63, 3.8) is 0 Å². The van der Waals surface area contributed by atoms with Gasteiger partial charge in [0.2, 0.25) is 0 Å². The van der Waals surface area contributed by atoms with Gasteiger partial charge < -0.3 is 9.32 Å². The maximum absolute atomic E-state index is 6.19. The van der Waals surface area contributed by atoms with Gasteiger partial charge in [-0.25, -0.2) is 0 Å². The van der Waals surface area contributed by atoms with Gasteiger partial charge in [0.25, 0.3) is 0 Å². The summed E-state index contributed by atoms with van der Waals surface area (Å²) in [4.78, 5) is 2.45. The smallest absolute Gasteiger partial charge is 0.135 e. The van der Waals surface area contributed by atoms with E-state index >= 15 is 0 Å². The zero-order chi connectivity index (χ0) is 43.5. The highest BCUT2D eigenvalue weighted by molar-refractivity contribution is 6.05. The number of nitrogens with zero attached hydrogens (tertiary/aromatic N) is 1. The van der Waals surface area contributed by atoms with Crippen LogP contribution in [0.1, 0.15) is 42.9 Å². The van der Waals surface area contributed by atoms with Crippen molar-refractivity contribution in [3.05, 3.63) is 253 Å². The van der Waals surface area contributed by atoms with Crippen molar-refractivity contribution in [2.75, 3.05) is 4.90 Å². The molecule has 0 radical (unpaired) electrons. The molecule has 0 saturated carbocycles. The van der Waals surface area contributed by atoms with Crippen molar-refractivity contribution in [3.8, 4) is 55.6 Å². The molecule has 0 N–H and O–H groups in total. The second-order valence-corrected chi connectivity index (χ2v) is 18.1. The van der Waals surface area contributed by atoms with Gasteiger partial charge in [0.15, 0.2) is 0 Å². The Labute approximate surface area is 381 Å². The molecule has 0 fully saturated rings. The van der Waals surface area contributed by atoms with Crippen LogP contribution in [0.3, 0.4) is 0 Å². The topological polar surface area (TPSA) is 16.4 Å². The van der Waals surface area contributed by atoms with Crippen LogP contribution in [-0.4, -0.2) is 0 Å². The van der Waals surface area contributed by atoms with Crippen LogP contribution in [0.2, 0.25) is 0 Å². The molecule has 2 aliphatic carbocycles. The van der Waals surface area contributed by atoms with Gasteiger partial charge in [-0.2, -0.15) is 0 Å². The summed E-state index contributed by atoms with van der Waals surface area (Å²) in [5.41, 5.74) is 21.5. The van der Waals surface area contributed by atoms with Gasteiger partial charge in [-0.1, -0.05) is 172 Å². The van der Waals surface area contributed by atoms with Crippen molar-refractivity contribution in [2.45, 2.75) is 31.6 Å². The van der Waals surface area contributed by atoms with Crippen LogP contribution in [0, 0.1) is 0 Å². The predicted octanol–water partition coefficient (Wildman–Crippen LogP) is 17.3. The molecule has 1 unspecified atom stereocenters. The van der Waals surface area contributed by atoms with Crippen molar-refractivity contribution in [1.29, 1.82) is 0 Å². The van der Waals surface area contributed by atoms with Crippen molar-refractivity contribution >= 4 is 33.3 Å². The van der Waals surface area contributed by atoms with E-state index in [0.717, 1.165) is 34.3 Å². The summed E-state index contributed by atoms with van der Waals surface area (Å²) >= 11 is 0. The van der Waals surface area contributed by atoms with Crippen LogP contribution in [0.5, 0.6) is 0 Å². The first-order valence-corrected chi connectivity index (χ1v) is 22.8. The number of fused-ring (bicyclic) bond motifs is 6. The van der Waals surface area contributed by atoms with Crippen LogP contribution < -0.4 is 4.90 Å². The molecule has 0 aliphatic heterocycles. The third kappa shape index (κ3) is 6.90. The maximum Gasteiger partial charge on any atom is 0.135 e. The minimum absolute atomic E-state index is 0.182. The molecule has 2 nitrogen and oxygen atoms in total. The molecule has 2 aliphatic rings. The first kappa shape index (κ1) is 38.7. The molecule has 0 amide bonds. The van der Waals surface area contributed by atoms with Gasteiger partial charge in [-0.05, 0) is 152 Å². The van der Waals surface area contributed by atoms with Gasteiger partial charge in [-0.15, -0.1) is 0 Å². The molecule has 2 heteroatoms. The fraction of sp³-hybridized carbons (Fsp3) is 0.0794. The summed E-state index contributed by atoms with van der Waals surface area (Å²) in [7, 11) is 0. The number of anilines is 2. The van der Waals surface area contributed by atoms with E-state index in [2.05, 4.69) is 243 Å². The van der Waals surface area contributed by atoms with E-state index < -0.39 is 0 Å². The molecule has 0 bridgehead atoms. The summed E-state index contributed by atoms with van der Waals surface area (Å²) in [6, 6.07) is 77.4. The largest absolute Gasteiger partial charge is 0.456 e. The lowest BCUT2D eigenvalue weighted by Gasteiger charge is -2.31. The zero-order valence-electron chi connectivity index (χ0n) is 36.6. The van der Waals surface area contributed by atoms with E-state index in [9.17, 15) is 0 Å². The normalized spacial score (nSPS) is 14.9. The maximum atomic E-state index is 6.19. The van der Waals surface area contributed by atoms with Gasteiger partial charge in [0, 0.05) is 39.2 Å². The quantitative estimate of drug-likeness (QED) is 0.152. The number of benzene rings is 9. The molecular formula is C63H47NO. The van der Waals surface area contributed by atoms with Crippen LogP contribution in [0.4, 0.5) is 11.4 Å². The molecule has 0 spiro atoms. The molecule has 10 aromatic rings. The number of hydrogen-bond acceptors (Lipinski definition) is 2. The van der Waals surface area contributed by atoms with Gasteiger partial charge in [0.05, 0.1) is 0 Å². The Morgan fingerprint density at radius 2 is 0.954 bits per heavy atom. The Morgan fingerprint density at radius 1 is 0.431 bits per heavy atom. The number of allylic oxidation sites excluding steroid dienone is 3. The lowest BCUT2D eigenvalue weighted by molar-refractivity contribution is 0.660. The fourth-order valence-electron chi connectivity index (χ4n) is 10.3. The van der Waals surface area contributed by atoms with Crippen molar-refractivity contribution in [1.82, 2.24) is 0 Å². The Bertz CT molecular complexity index is 3410. The summed E-state index contributed by atoms with van der Waals surface area (Å²) in [6.45, 7) is 4.76. The zero-order valence-corrected chi connectivity index (χ0v) is 36.6. The van der Waals surface area contributed by atoms with E-state index in [1.54, 1.807) is 0 Å². The summed E-state index contributed by atoms with van der Waals surface area (Å²) in [6.07, 6.45) is 8.03. The highest BCUT2D eigenvalue weighted by Crippen LogP contribution is 2.51. The average Bonchev–Trinajstić information content (AvgIpc) is 3.85. The van der Waals surface area contributed by atoms with E-state index in [1.807, 2.05) is 6.07 Å².